The molecule has 2 aromatic rings. The highest BCUT2D eigenvalue weighted by molar-refractivity contribution is 5.94. The van der Waals surface area contributed by atoms with E-state index in [1.165, 1.54) is 18.3 Å². The van der Waals surface area contributed by atoms with Crippen LogP contribution >= 0.6 is 0 Å². The van der Waals surface area contributed by atoms with Crippen LogP contribution in [-0.4, -0.2) is 22.4 Å². The van der Waals surface area contributed by atoms with Crippen molar-refractivity contribution in [3.05, 3.63) is 58.3 Å². The van der Waals surface area contributed by atoms with Gasteiger partial charge in [-0.2, -0.15) is 0 Å². The second-order valence-corrected chi connectivity index (χ2v) is 4.28. The summed E-state index contributed by atoms with van der Waals surface area (Å²) >= 11 is 0. The summed E-state index contributed by atoms with van der Waals surface area (Å²) in [4.78, 5) is 29.7. The SMILES string of the molecule is O=C(NC1CNc2cccnc21)c1ccc(=O)[nH]c1. The molecule has 1 aliphatic heterocycles. The van der Waals surface area contributed by atoms with Crippen molar-refractivity contribution in [3.8, 4) is 0 Å². The number of carbonyl (C=O) groups excluding carboxylic acids is 1. The topological polar surface area (TPSA) is 86.9 Å². The number of nitrogens with one attached hydrogen (secondary N) is 3. The van der Waals surface area contributed by atoms with Gasteiger partial charge in [0.15, 0.2) is 0 Å². The van der Waals surface area contributed by atoms with Crippen LogP contribution in [0.1, 0.15) is 22.1 Å². The van der Waals surface area contributed by atoms with Crippen LogP contribution < -0.4 is 16.2 Å². The molecule has 6 heteroatoms. The molecule has 0 radical (unpaired) electrons. The van der Waals surface area contributed by atoms with Gasteiger partial charge in [-0.1, -0.05) is 0 Å². The lowest BCUT2D eigenvalue weighted by Crippen LogP contribution is -2.30. The summed E-state index contributed by atoms with van der Waals surface area (Å²) < 4.78 is 0. The Morgan fingerprint density at radius 3 is 3.05 bits per heavy atom. The van der Waals surface area contributed by atoms with Gasteiger partial charge < -0.3 is 15.6 Å². The number of pyridine rings is 2. The van der Waals surface area contributed by atoms with Crippen molar-refractivity contribution in [2.24, 2.45) is 0 Å². The van der Waals surface area contributed by atoms with Crippen molar-refractivity contribution in [1.82, 2.24) is 15.3 Å². The number of fused-ring (bicyclic) bond motifs is 1. The molecule has 0 spiro atoms. The van der Waals surface area contributed by atoms with E-state index >= 15 is 0 Å². The van der Waals surface area contributed by atoms with Gasteiger partial charge in [0.25, 0.3) is 5.91 Å². The van der Waals surface area contributed by atoms with Gasteiger partial charge in [0, 0.05) is 25.0 Å². The number of hydrogen-bond acceptors (Lipinski definition) is 4. The maximum Gasteiger partial charge on any atom is 0.253 e. The van der Waals surface area contributed by atoms with Crippen molar-refractivity contribution in [2.45, 2.75) is 6.04 Å². The highest BCUT2D eigenvalue weighted by Crippen LogP contribution is 2.26. The quantitative estimate of drug-likeness (QED) is 0.737. The van der Waals surface area contributed by atoms with Gasteiger partial charge in [0.1, 0.15) is 0 Å². The summed E-state index contributed by atoms with van der Waals surface area (Å²) in [7, 11) is 0. The second kappa shape index (κ2) is 4.56. The van der Waals surface area contributed by atoms with Crippen LogP contribution in [0, 0.1) is 0 Å². The Bertz CT molecular complexity index is 660. The van der Waals surface area contributed by atoms with Gasteiger partial charge in [-0.05, 0) is 18.2 Å². The van der Waals surface area contributed by atoms with Crippen LogP contribution in [0.25, 0.3) is 0 Å². The summed E-state index contributed by atoms with van der Waals surface area (Å²) in [6, 6.07) is 6.44. The van der Waals surface area contributed by atoms with E-state index in [2.05, 4.69) is 20.6 Å². The molecular formula is C13H12N4O2. The zero-order valence-electron chi connectivity index (χ0n) is 10.0. The molecule has 0 saturated heterocycles. The van der Waals surface area contributed by atoms with Gasteiger partial charge in [-0.25, -0.2) is 0 Å². The average Bonchev–Trinajstić information content (AvgIpc) is 2.83. The number of carbonyl (C=O) groups is 1. The lowest BCUT2D eigenvalue weighted by Gasteiger charge is -2.11. The van der Waals surface area contributed by atoms with E-state index in [-0.39, 0.29) is 17.5 Å². The van der Waals surface area contributed by atoms with Gasteiger partial charge >= 0.3 is 0 Å². The Labute approximate surface area is 108 Å². The van der Waals surface area contributed by atoms with Gasteiger partial charge in [0.05, 0.1) is 23.0 Å². The van der Waals surface area contributed by atoms with Crippen LogP contribution in [0.4, 0.5) is 5.69 Å². The number of nitrogens with zero attached hydrogens (tertiary/aromatic N) is 1. The van der Waals surface area contributed by atoms with Crippen molar-refractivity contribution >= 4 is 11.6 Å². The first-order chi connectivity index (χ1) is 9.24. The summed E-state index contributed by atoms with van der Waals surface area (Å²) in [5.41, 5.74) is 1.96. The Kier molecular flexibility index (Phi) is 2.75. The first-order valence-corrected chi connectivity index (χ1v) is 5.92. The van der Waals surface area contributed by atoms with E-state index < -0.39 is 0 Å². The Hall–Kier alpha value is -2.63. The minimum Gasteiger partial charge on any atom is -0.381 e. The van der Waals surface area contributed by atoms with Crippen molar-refractivity contribution in [3.63, 3.8) is 0 Å². The highest BCUT2D eigenvalue weighted by atomic mass is 16.2. The number of aromatic amines is 1. The standard InChI is InChI=1S/C13H12N4O2/c18-11-4-3-8(6-16-11)13(19)17-10-7-15-9-2-1-5-14-12(9)10/h1-6,10,15H,7H2,(H,16,18)(H,17,19). The lowest BCUT2D eigenvalue weighted by molar-refractivity contribution is 0.0939. The van der Waals surface area contributed by atoms with Crippen LogP contribution in [-0.2, 0) is 0 Å². The van der Waals surface area contributed by atoms with Gasteiger partial charge in [0.2, 0.25) is 5.56 Å². The molecule has 0 fully saturated rings. The third-order valence-electron chi connectivity index (χ3n) is 3.02. The Morgan fingerprint density at radius 1 is 1.37 bits per heavy atom. The zero-order valence-corrected chi connectivity index (χ0v) is 10.0. The van der Waals surface area contributed by atoms with E-state index in [0.717, 1.165) is 11.4 Å². The number of hydrogen-bond donors (Lipinski definition) is 3. The summed E-state index contributed by atoms with van der Waals surface area (Å²) in [6.07, 6.45) is 3.10. The third kappa shape index (κ3) is 2.20. The molecule has 6 nitrogen and oxygen atoms in total. The van der Waals surface area contributed by atoms with Crippen LogP contribution in [0.2, 0.25) is 0 Å². The summed E-state index contributed by atoms with van der Waals surface area (Å²) in [5.74, 6) is -0.235. The van der Waals surface area contributed by atoms with Crippen molar-refractivity contribution < 1.29 is 4.79 Å². The molecular weight excluding hydrogens is 244 g/mol. The van der Waals surface area contributed by atoms with E-state index in [1.54, 1.807) is 6.20 Å². The molecule has 2 aromatic heterocycles. The maximum absolute atomic E-state index is 12.0. The maximum atomic E-state index is 12.0. The molecule has 1 atom stereocenters. The minimum absolute atomic E-state index is 0.157. The molecule has 1 aliphatic rings. The molecule has 0 aromatic carbocycles. The normalized spacial score (nSPS) is 16.5. The van der Waals surface area contributed by atoms with Gasteiger partial charge in [-0.3, -0.25) is 14.6 Å². The first-order valence-electron chi connectivity index (χ1n) is 5.92. The molecule has 96 valence electrons. The summed E-state index contributed by atoms with van der Waals surface area (Å²) in [5, 5.41) is 6.07. The number of aromatic nitrogens is 2. The second-order valence-electron chi connectivity index (χ2n) is 4.28. The number of anilines is 1. The van der Waals surface area contributed by atoms with Crippen LogP contribution in [0.5, 0.6) is 0 Å². The highest BCUT2D eigenvalue weighted by Gasteiger charge is 2.24. The smallest absolute Gasteiger partial charge is 0.253 e. The first kappa shape index (κ1) is 11.5. The van der Waals surface area contributed by atoms with Gasteiger partial charge in [-0.15, -0.1) is 0 Å². The minimum atomic E-state index is -0.235. The molecule has 0 bridgehead atoms. The Balaban J connectivity index is 1.78. The van der Waals surface area contributed by atoms with Crippen molar-refractivity contribution in [2.75, 3.05) is 11.9 Å². The molecule has 3 N–H and O–H groups in total. The fraction of sp³-hybridized carbons (Fsp3) is 0.154. The van der Waals surface area contributed by atoms with Crippen molar-refractivity contribution in [1.29, 1.82) is 0 Å². The molecule has 3 rings (SSSR count). The molecule has 0 aliphatic carbocycles. The van der Waals surface area contributed by atoms with E-state index in [0.29, 0.717) is 12.1 Å². The molecule has 3 heterocycles. The monoisotopic (exact) mass is 256 g/mol. The predicted octanol–water partition coefficient (Wildman–Crippen LogP) is 0.666. The molecule has 1 amide bonds. The zero-order chi connectivity index (χ0) is 13.2. The number of amides is 1. The predicted molar refractivity (Wildman–Crippen MR) is 70.0 cm³/mol. The van der Waals surface area contributed by atoms with E-state index in [1.807, 2.05) is 12.1 Å². The lowest BCUT2D eigenvalue weighted by atomic mass is 10.2. The summed E-state index contributed by atoms with van der Waals surface area (Å²) in [6.45, 7) is 0.613. The third-order valence-corrected chi connectivity index (χ3v) is 3.02. The Morgan fingerprint density at radius 2 is 2.26 bits per heavy atom. The fourth-order valence-corrected chi connectivity index (χ4v) is 2.07. The molecule has 1 unspecified atom stereocenters. The number of H-pyrrole nitrogens is 1. The molecule has 19 heavy (non-hydrogen) atoms. The van der Waals surface area contributed by atoms with Crippen LogP contribution in [0.15, 0.2) is 41.5 Å². The van der Waals surface area contributed by atoms with E-state index in [9.17, 15) is 9.59 Å². The fourth-order valence-electron chi connectivity index (χ4n) is 2.07. The average molecular weight is 256 g/mol. The number of rotatable bonds is 2. The largest absolute Gasteiger partial charge is 0.381 e. The van der Waals surface area contributed by atoms with Crippen LogP contribution in [0.3, 0.4) is 0 Å². The molecule has 0 saturated carbocycles. The van der Waals surface area contributed by atoms with E-state index in [4.69, 9.17) is 0 Å².